The van der Waals surface area contributed by atoms with E-state index in [2.05, 4.69) is 5.32 Å². The van der Waals surface area contributed by atoms with Crippen molar-refractivity contribution in [1.82, 2.24) is 5.32 Å². The minimum Gasteiger partial charge on any atom is -0.479 e. The molecule has 0 aliphatic heterocycles. The van der Waals surface area contributed by atoms with Gasteiger partial charge in [-0.3, -0.25) is 0 Å². The number of nitrogens with one attached hydrogen (secondary N) is 1. The minimum absolute atomic E-state index is 0.225. The minimum atomic E-state index is -2.20. The normalized spacial score (nSPS) is 13.5. The summed E-state index contributed by atoms with van der Waals surface area (Å²) in [5.74, 6) is -1.92. The summed E-state index contributed by atoms with van der Waals surface area (Å²) < 4.78 is 19.8. The maximum atomic E-state index is 14.6. The Bertz CT molecular complexity index is 692. The predicted molar refractivity (Wildman–Crippen MR) is 114 cm³/mol. The molecule has 1 aromatic carbocycles. The fourth-order valence-corrected chi connectivity index (χ4v) is 3.26. The molecule has 0 aromatic heterocycles. The topological polar surface area (TPSA) is 78.9 Å². The van der Waals surface area contributed by atoms with E-state index in [-0.39, 0.29) is 6.54 Å². The Morgan fingerprint density at radius 2 is 1.83 bits per heavy atom. The molecule has 164 valence electrons. The van der Waals surface area contributed by atoms with E-state index in [0.29, 0.717) is 36.0 Å². The number of hydrogen-bond donors (Lipinski definition) is 2. The Morgan fingerprint density at radius 3 is 2.31 bits per heavy atom. The number of carbonyl (C=O) groups is 2. The zero-order valence-electron chi connectivity index (χ0n) is 17.2. The van der Waals surface area contributed by atoms with Gasteiger partial charge >= 0.3 is 12.1 Å². The van der Waals surface area contributed by atoms with Gasteiger partial charge in [0.05, 0.1) is 0 Å². The highest BCUT2D eigenvalue weighted by molar-refractivity contribution is 6.18. The molecule has 2 atom stereocenters. The molecule has 0 saturated carbocycles. The molecular formula is C20H29Cl2FN2O4. The van der Waals surface area contributed by atoms with Gasteiger partial charge in [-0.25, -0.2) is 14.0 Å². The van der Waals surface area contributed by atoms with Crippen LogP contribution in [0, 0.1) is 6.92 Å². The number of carboxylic acids is 1. The highest BCUT2D eigenvalue weighted by Crippen LogP contribution is 2.29. The lowest BCUT2D eigenvalue weighted by Crippen LogP contribution is -2.38. The molecule has 0 aliphatic rings. The number of amides is 1. The van der Waals surface area contributed by atoms with Gasteiger partial charge in [-0.1, -0.05) is 6.07 Å². The molecule has 9 heteroatoms. The Morgan fingerprint density at radius 1 is 1.24 bits per heavy atom. The Labute approximate surface area is 181 Å². The van der Waals surface area contributed by atoms with Gasteiger partial charge in [0.1, 0.15) is 5.60 Å². The van der Waals surface area contributed by atoms with Crippen LogP contribution in [0.3, 0.4) is 0 Å². The number of hydrogen-bond acceptors (Lipinski definition) is 4. The number of nitrogens with zero attached hydrogens (tertiary/aromatic N) is 1. The van der Waals surface area contributed by atoms with Gasteiger partial charge < -0.3 is 20.1 Å². The monoisotopic (exact) mass is 450 g/mol. The maximum Gasteiger partial charge on any atom is 0.407 e. The molecule has 1 rings (SSSR count). The molecule has 2 N–H and O–H groups in total. The van der Waals surface area contributed by atoms with Crippen molar-refractivity contribution in [2.45, 2.75) is 45.4 Å². The Kier molecular flexibility index (Phi) is 10.00. The molecule has 0 spiro atoms. The summed E-state index contributed by atoms with van der Waals surface area (Å²) in [6, 6.07) is 5.37. The summed E-state index contributed by atoms with van der Waals surface area (Å²) in [7, 11) is 0. The van der Waals surface area contributed by atoms with Gasteiger partial charge in [-0.2, -0.15) is 0 Å². The number of aryl methyl sites for hydroxylation is 1. The first-order valence-corrected chi connectivity index (χ1v) is 10.4. The first-order chi connectivity index (χ1) is 13.5. The van der Waals surface area contributed by atoms with Gasteiger partial charge in [-0.05, 0) is 51.0 Å². The Hall–Kier alpha value is -1.73. The van der Waals surface area contributed by atoms with Crippen LogP contribution < -0.4 is 10.2 Å². The fraction of sp³-hybridized carbons (Fsp3) is 0.600. The second kappa shape index (κ2) is 11.5. The summed E-state index contributed by atoms with van der Waals surface area (Å²) in [4.78, 5) is 25.3. The zero-order chi connectivity index (χ0) is 22.2. The van der Waals surface area contributed by atoms with Crippen LogP contribution in [-0.2, 0) is 9.53 Å². The first kappa shape index (κ1) is 25.3. The van der Waals surface area contributed by atoms with Crippen molar-refractivity contribution in [2.24, 2.45) is 0 Å². The number of benzene rings is 1. The number of alkyl carbamates (subject to hydrolysis) is 1. The number of ether oxygens (including phenoxy) is 1. The van der Waals surface area contributed by atoms with Crippen LogP contribution in [-0.4, -0.2) is 60.3 Å². The highest BCUT2D eigenvalue weighted by Gasteiger charge is 2.32. The van der Waals surface area contributed by atoms with E-state index in [1.54, 1.807) is 39.8 Å². The van der Waals surface area contributed by atoms with Gasteiger partial charge in [0.15, 0.2) is 0 Å². The van der Waals surface area contributed by atoms with Gasteiger partial charge in [0.2, 0.25) is 6.17 Å². The lowest BCUT2D eigenvalue weighted by molar-refractivity contribution is -0.143. The van der Waals surface area contributed by atoms with Crippen molar-refractivity contribution in [3.8, 4) is 0 Å². The third-order valence-corrected chi connectivity index (χ3v) is 4.53. The predicted octanol–water partition coefficient (Wildman–Crippen LogP) is 4.31. The molecule has 1 aromatic rings. The lowest BCUT2D eigenvalue weighted by atomic mass is 9.90. The van der Waals surface area contributed by atoms with Crippen LogP contribution >= 0.6 is 23.2 Å². The molecule has 0 aliphatic carbocycles. The average molecular weight is 451 g/mol. The molecule has 0 radical (unpaired) electrons. The van der Waals surface area contributed by atoms with Crippen LogP contribution in [0.5, 0.6) is 0 Å². The van der Waals surface area contributed by atoms with Crippen molar-refractivity contribution in [3.05, 3.63) is 29.3 Å². The van der Waals surface area contributed by atoms with Crippen LogP contribution in [0.25, 0.3) is 0 Å². The second-order valence-corrected chi connectivity index (χ2v) is 8.39. The average Bonchev–Trinajstić information content (AvgIpc) is 2.61. The maximum absolute atomic E-state index is 14.6. The third kappa shape index (κ3) is 8.26. The fourth-order valence-electron chi connectivity index (χ4n) is 2.85. The lowest BCUT2D eigenvalue weighted by Gasteiger charge is -2.27. The summed E-state index contributed by atoms with van der Waals surface area (Å²) in [5, 5.41) is 11.7. The summed E-state index contributed by atoms with van der Waals surface area (Å²) in [6.45, 7) is 7.73. The molecule has 0 bridgehead atoms. The van der Waals surface area contributed by atoms with E-state index in [9.17, 15) is 19.1 Å². The highest BCUT2D eigenvalue weighted by atomic mass is 35.5. The molecule has 0 saturated heterocycles. The first-order valence-electron chi connectivity index (χ1n) is 9.31. The van der Waals surface area contributed by atoms with Crippen molar-refractivity contribution >= 4 is 41.0 Å². The quantitative estimate of drug-likeness (QED) is 0.519. The number of carbonyl (C=O) groups excluding carboxylic acids is 1. The molecular weight excluding hydrogens is 422 g/mol. The standard InChI is InChI=1S/C20H29Cl2FN2O4/c1-13-5-6-14(25(9-7-21)10-8-22)11-15(13)16(17(23)18(26)27)12-24-19(28)29-20(2,3)4/h5-6,11,16-17H,7-10,12H2,1-4H3,(H,24,28)(H,26,27). The van der Waals surface area contributed by atoms with Crippen LogP contribution in [0.4, 0.5) is 14.9 Å². The molecule has 1 amide bonds. The SMILES string of the molecule is Cc1ccc(N(CCCl)CCCl)cc1C(CNC(=O)OC(C)(C)C)C(F)C(=O)O. The second-order valence-electron chi connectivity index (χ2n) is 7.64. The number of rotatable bonds is 10. The summed E-state index contributed by atoms with van der Waals surface area (Å²) >= 11 is 11.7. The van der Waals surface area contributed by atoms with Crippen LogP contribution in [0.15, 0.2) is 18.2 Å². The zero-order valence-corrected chi connectivity index (χ0v) is 18.7. The molecule has 0 fully saturated rings. The van der Waals surface area contributed by atoms with Crippen molar-refractivity contribution in [3.63, 3.8) is 0 Å². The molecule has 0 heterocycles. The number of carboxylic acid groups (broad SMARTS) is 1. The van der Waals surface area contributed by atoms with Crippen molar-refractivity contribution in [1.29, 1.82) is 0 Å². The summed E-state index contributed by atoms with van der Waals surface area (Å²) in [6.07, 6.45) is -2.94. The molecule has 6 nitrogen and oxygen atoms in total. The van der Waals surface area contributed by atoms with Gasteiger partial charge in [0.25, 0.3) is 0 Å². The van der Waals surface area contributed by atoms with Crippen molar-refractivity contribution < 1.29 is 23.8 Å². The molecule has 29 heavy (non-hydrogen) atoms. The van der Waals surface area contributed by atoms with Gasteiger partial charge in [0, 0.05) is 43.0 Å². The number of aliphatic carboxylic acids is 1. The number of alkyl halides is 3. The number of anilines is 1. The van der Waals surface area contributed by atoms with E-state index in [4.69, 9.17) is 27.9 Å². The smallest absolute Gasteiger partial charge is 0.407 e. The Balaban J connectivity index is 3.19. The third-order valence-electron chi connectivity index (χ3n) is 4.19. The molecule has 2 unspecified atom stereocenters. The van der Waals surface area contributed by atoms with Gasteiger partial charge in [-0.15, -0.1) is 23.2 Å². The largest absolute Gasteiger partial charge is 0.479 e. The van der Waals surface area contributed by atoms with Crippen molar-refractivity contribution in [2.75, 3.05) is 36.3 Å². The van der Waals surface area contributed by atoms with Crippen LogP contribution in [0.1, 0.15) is 37.8 Å². The van der Waals surface area contributed by atoms with Crippen LogP contribution in [0.2, 0.25) is 0 Å². The van der Waals surface area contributed by atoms with E-state index in [1.165, 1.54) is 0 Å². The van der Waals surface area contributed by atoms with E-state index < -0.39 is 29.8 Å². The van der Waals surface area contributed by atoms with E-state index in [1.807, 2.05) is 11.0 Å². The van der Waals surface area contributed by atoms with E-state index in [0.717, 1.165) is 5.69 Å². The van der Waals surface area contributed by atoms with E-state index >= 15 is 0 Å². The summed E-state index contributed by atoms with van der Waals surface area (Å²) in [5.41, 5.74) is 1.24. The number of halogens is 3.